The van der Waals surface area contributed by atoms with Crippen molar-refractivity contribution in [3.63, 3.8) is 0 Å². The Morgan fingerprint density at radius 1 is 1.12 bits per heavy atom. The van der Waals surface area contributed by atoms with Crippen LogP contribution in [0.4, 0.5) is 4.39 Å². The van der Waals surface area contributed by atoms with Crippen molar-refractivity contribution in [1.29, 1.82) is 0 Å². The van der Waals surface area contributed by atoms with E-state index in [2.05, 4.69) is 15.4 Å². The molecule has 24 heavy (non-hydrogen) atoms. The SMILES string of the molecule is CCOC(=O)c1n[nH]nc1-c1cccc(Oc2ccc(F)cc2)c1. The van der Waals surface area contributed by atoms with E-state index < -0.39 is 5.97 Å². The molecule has 0 fully saturated rings. The molecular weight excluding hydrogens is 313 g/mol. The highest BCUT2D eigenvalue weighted by Crippen LogP contribution is 2.27. The van der Waals surface area contributed by atoms with Crippen LogP contribution in [0.2, 0.25) is 0 Å². The van der Waals surface area contributed by atoms with Crippen LogP contribution in [-0.4, -0.2) is 28.0 Å². The van der Waals surface area contributed by atoms with Gasteiger partial charge in [0, 0.05) is 5.56 Å². The quantitative estimate of drug-likeness (QED) is 0.725. The largest absolute Gasteiger partial charge is 0.461 e. The number of esters is 1. The van der Waals surface area contributed by atoms with Crippen LogP contribution in [0.5, 0.6) is 11.5 Å². The molecule has 1 heterocycles. The predicted molar refractivity (Wildman–Crippen MR) is 84.2 cm³/mol. The second-order valence-corrected chi connectivity index (χ2v) is 4.83. The predicted octanol–water partition coefficient (Wildman–Crippen LogP) is 3.58. The average molecular weight is 327 g/mol. The Morgan fingerprint density at radius 3 is 2.67 bits per heavy atom. The number of halogens is 1. The van der Waals surface area contributed by atoms with E-state index in [1.807, 2.05) is 0 Å². The van der Waals surface area contributed by atoms with Gasteiger partial charge >= 0.3 is 5.97 Å². The van der Waals surface area contributed by atoms with Gasteiger partial charge in [0.1, 0.15) is 23.0 Å². The molecule has 1 N–H and O–H groups in total. The van der Waals surface area contributed by atoms with E-state index in [1.54, 1.807) is 31.2 Å². The van der Waals surface area contributed by atoms with Gasteiger partial charge in [0.2, 0.25) is 0 Å². The molecule has 0 aliphatic heterocycles. The number of carbonyl (C=O) groups excluding carboxylic acids is 1. The zero-order chi connectivity index (χ0) is 16.9. The molecule has 0 aliphatic rings. The minimum absolute atomic E-state index is 0.107. The molecule has 0 saturated heterocycles. The highest BCUT2D eigenvalue weighted by Gasteiger charge is 2.19. The van der Waals surface area contributed by atoms with Gasteiger partial charge in [0.15, 0.2) is 5.69 Å². The number of H-pyrrole nitrogens is 1. The minimum atomic E-state index is -0.550. The summed E-state index contributed by atoms with van der Waals surface area (Å²) in [5, 5.41) is 10.3. The van der Waals surface area contributed by atoms with E-state index in [0.29, 0.717) is 22.8 Å². The van der Waals surface area contributed by atoms with Gasteiger partial charge in [-0.1, -0.05) is 12.1 Å². The number of aromatic nitrogens is 3. The summed E-state index contributed by atoms with van der Waals surface area (Å²) in [5.41, 5.74) is 1.13. The number of rotatable bonds is 5. The molecule has 6 nitrogen and oxygen atoms in total. The maximum Gasteiger partial charge on any atom is 0.361 e. The lowest BCUT2D eigenvalue weighted by Crippen LogP contribution is -2.06. The van der Waals surface area contributed by atoms with Crippen molar-refractivity contribution in [2.45, 2.75) is 6.92 Å². The summed E-state index contributed by atoms with van der Waals surface area (Å²) in [4.78, 5) is 11.9. The summed E-state index contributed by atoms with van der Waals surface area (Å²) < 4.78 is 23.6. The summed E-state index contributed by atoms with van der Waals surface area (Å²) in [5.74, 6) is 0.139. The zero-order valence-electron chi connectivity index (χ0n) is 12.8. The smallest absolute Gasteiger partial charge is 0.361 e. The third kappa shape index (κ3) is 3.40. The number of ether oxygens (including phenoxy) is 2. The third-order valence-electron chi connectivity index (χ3n) is 3.17. The summed E-state index contributed by atoms with van der Waals surface area (Å²) in [6.45, 7) is 1.97. The van der Waals surface area contributed by atoms with Gasteiger partial charge in [0.25, 0.3) is 0 Å². The van der Waals surface area contributed by atoms with E-state index in [1.165, 1.54) is 24.3 Å². The van der Waals surface area contributed by atoms with Crippen LogP contribution in [0.3, 0.4) is 0 Å². The van der Waals surface area contributed by atoms with E-state index in [0.717, 1.165) is 0 Å². The number of hydrogen-bond donors (Lipinski definition) is 1. The maximum atomic E-state index is 12.9. The van der Waals surface area contributed by atoms with Crippen molar-refractivity contribution in [3.05, 3.63) is 60.0 Å². The molecule has 3 rings (SSSR count). The number of carbonyl (C=O) groups is 1. The Labute approximate surface area is 137 Å². The van der Waals surface area contributed by atoms with Crippen LogP contribution in [0.25, 0.3) is 11.3 Å². The summed E-state index contributed by atoms with van der Waals surface area (Å²) >= 11 is 0. The first-order valence-electron chi connectivity index (χ1n) is 7.29. The monoisotopic (exact) mass is 327 g/mol. The molecule has 0 unspecified atom stereocenters. The summed E-state index contributed by atoms with van der Waals surface area (Å²) in [6, 6.07) is 12.7. The average Bonchev–Trinajstić information content (AvgIpc) is 3.07. The van der Waals surface area contributed by atoms with E-state index in [9.17, 15) is 9.18 Å². The van der Waals surface area contributed by atoms with E-state index in [4.69, 9.17) is 9.47 Å². The van der Waals surface area contributed by atoms with Gasteiger partial charge in [-0.3, -0.25) is 0 Å². The lowest BCUT2D eigenvalue weighted by molar-refractivity contribution is 0.0520. The summed E-state index contributed by atoms with van der Waals surface area (Å²) in [6.07, 6.45) is 0. The molecule has 7 heteroatoms. The van der Waals surface area contributed by atoms with Gasteiger partial charge in [-0.25, -0.2) is 9.18 Å². The number of aromatic amines is 1. The first kappa shape index (κ1) is 15.7. The second kappa shape index (κ2) is 6.91. The van der Waals surface area contributed by atoms with Crippen molar-refractivity contribution in [2.75, 3.05) is 6.61 Å². The van der Waals surface area contributed by atoms with Gasteiger partial charge in [0.05, 0.1) is 6.61 Å². The van der Waals surface area contributed by atoms with Crippen molar-refractivity contribution in [3.8, 4) is 22.8 Å². The lowest BCUT2D eigenvalue weighted by atomic mass is 10.1. The molecule has 0 bridgehead atoms. The number of nitrogens with one attached hydrogen (secondary N) is 1. The first-order valence-corrected chi connectivity index (χ1v) is 7.29. The van der Waals surface area contributed by atoms with Crippen molar-refractivity contribution < 1.29 is 18.7 Å². The molecule has 0 saturated carbocycles. The molecule has 0 spiro atoms. The first-order chi connectivity index (χ1) is 11.7. The van der Waals surface area contributed by atoms with Crippen LogP contribution < -0.4 is 4.74 Å². The number of hydrogen-bond acceptors (Lipinski definition) is 5. The van der Waals surface area contributed by atoms with Crippen LogP contribution in [-0.2, 0) is 4.74 Å². The molecular formula is C17H14FN3O3. The Bertz CT molecular complexity index is 846. The van der Waals surface area contributed by atoms with Crippen molar-refractivity contribution in [2.24, 2.45) is 0 Å². The molecule has 0 aliphatic carbocycles. The fraction of sp³-hybridized carbons (Fsp3) is 0.118. The molecule has 1 aromatic heterocycles. The topological polar surface area (TPSA) is 77.1 Å². The van der Waals surface area contributed by atoms with Crippen molar-refractivity contribution in [1.82, 2.24) is 15.4 Å². The van der Waals surface area contributed by atoms with Gasteiger partial charge in [-0.05, 0) is 43.3 Å². The highest BCUT2D eigenvalue weighted by atomic mass is 19.1. The molecule has 3 aromatic rings. The van der Waals surface area contributed by atoms with Gasteiger partial charge in [-0.2, -0.15) is 10.3 Å². The van der Waals surface area contributed by atoms with E-state index >= 15 is 0 Å². The number of nitrogens with zero attached hydrogens (tertiary/aromatic N) is 2. The van der Waals surface area contributed by atoms with Gasteiger partial charge in [-0.15, -0.1) is 5.10 Å². The number of benzene rings is 2. The van der Waals surface area contributed by atoms with Gasteiger partial charge < -0.3 is 9.47 Å². The molecule has 122 valence electrons. The van der Waals surface area contributed by atoms with Crippen LogP contribution in [0.15, 0.2) is 48.5 Å². The second-order valence-electron chi connectivity index (χ2n) is 4.83. The third-order valence-corrected chi connectivity index (χ3v) is 3.17. The van der Waals surface area contributed by atoms with E-state index in [-0.39, 0.29) is 18.1 Å². The molecule has 0 amide bonds. The zero-order valence-corrected chi connectivity index (χ0v) is 12.8. The molecule has 2 aromatic carbocycles. The standard InChI is InChI=1S/C17H14FN3O3/c1-2-23-17(22)16-15(19-21-20-16)11-4-3-5-14(10-11)24-13-8-6-12(18)7-9-13/h3-10H,2H2,1H3,(H,19,20,21). The maximum absolute atomic E-state index is 12.9. The Morgan fingerprint density at radius 2 is 1.92 bits per heavy atom. The lowest BCUT2D eigenvalue weighted by Gasteiger charge is -2.07. The normalized spacial score (nSPS) is 10.4. The molecule has 0 atom stereocenters. The van der Waals surface area contributed by atoms with Crippen LogP contribution >= 0.6 is 0 Å². The highest BCUT2D eigenvalue weighted by molar-refractivity contribution is 5.93. The minimum Gasteiger partial charge on any atom is -0.461 e. The summed E-state index contributed by atoms with van der Waals surface area (Å²) in [7, 11) is 0. The fourth-order valence-corrected chi connectivity index (χ4v) is 2.12. The Balaban J connectivity index is 1.87. The van der Waals surface area contributed by atoms with Crippen LogP contribution in [0, 0.1) is 5.82 Å². The Hall–Kier alpha value is -3.22. The van der Waals surface area contributed by atoms with Crippen LogP contribution in [0.1, 0.15) is 17.4 Å². The van der Waals surface area contributed by atoms with Crippen molar-refractivity contribution >= 4 is 5.97 Å². The Kier molecular flexibility index (Phi) is 4.51. The fourth-order valence-electron chi connectivity index (χ4n) is 2.12. The molecule has 0 radical (unpaired) electrons.